The molecular formula is C64H41N5. The summed E-state index contributed by atoms with van der Waals surface area (Å²) in [7, 11) is 0. The number of fused-ring (bicyclic) bond motifs is 17. The number of nitrogens with zero attached hydrogens (tertiary/aromatic N) is 5. The van der Waals surface area contributed by atoms with Crippen LogP contribution in [0, 0.1) is 0 Å². The van der Waals surface area contributed by atoms with Gasteiger partial charge in [0.25, 0.3) is 0 Å². The SMILES string of the molecule is C1=CC(c2ccccc2)CC=C1n1c2ccccc2c2ccc3c4ccccc4n(-c4nc(-c5ccccc5)nc(-c5ccc6c(c5)C5(c7ccccc7-c7ccccc75)c5ccccc5-6)n4)c3c21. The second kappa shape index (κ2) is 14.5. The Hall–Kier alpha value is -8.93. The molecular weight excluding hydrogens is 839 g/mol. The van der Waals surface area contributed by atoms with E-state index in [1.807, 2.05) is 6.07 Å². The van der Waals surface area contributed by atoms with Crippen molar-refractivity contribution < 1.29 is 0 Å². The molecule has 3 aliphatic carbocycles. The van der Waals surface area contributed by atoms with E-state index in [4.69, 9.17) is 15.0 Å². The van der Waals surface area contributed by atoms with Crippen molar-refractivity contribution >= 4 is 49.3 Å². The summed E-state index contributed by atoms with van der Waals surface area (Å²) in [4.78, 5) is 16.4. The quantitative estimate of drug-likeness (QED) is 0.173. The van der Waals surface area contributed by atoms with Crippen LogP contribution in [0.2, 0.25) is 0 Å². The smallest absolute Gasteiger partial charge is 0.238 e. The summed E-state index contributed by atoms with van der Waals surface area (Å²) in [6.07, 6.45) is 8.00. The molecule has 15 rings (SSSR count). The second-order valence-electron chi connectivity index (χ2n) is 18.6. The summed E-state index contributed by atoms with van der Waals surface area (Å²) in [6, 6.07) is 77.0. The molecule has 0 bridgehead atoms. The van der Waals surface area contributed by atoms with Gasteiger partial charge >= 0.3 is 0 Å². The van der Waals surface area contributed by atoms with Gasteiger partial charge in [0, 0.05) is 44.3 Å². The first-order valence-electron chi connectivity index (χ1n) is 23.9. The van der Waals surface area contributed by atoms with Gasteiger partial charge in [0.2, 0.25) is 5.95 Å². The molecule has 3 aromatic heterocycles. The second-order valence-corrected chi connectivity index (χ2v) is 18.6. The molecule has 0 aliphatic heterocycles. The Bertz CT molecular complexity index is 4110. The first kappa shape index (κ1) is 38.2. The average Bonchev–Trinajstić information content (AvgIpc) is 4.13. The number of allylic oxidation sites excluding steroid dienone is 4. The minimum atomic E-state index is -0.498. The predicted molar refractivity (Wildman–Crippen MR) is 282 cm³/mol. The molecule has 1 spiro atoms. The van der Waals surface area contributed by atoms with Crippen LogP contribution in [0.4, 0.5) is 0 Å². The molecule has 322 valence electrons. The molecule has 1 atom stereocenters. The molecule has 5 nitrogen and oxygen atoms in total. The van der Waals surface area contributed by atoms with Crippen molar-refractivity contribution in [3.05, 3.63) is 258 Å². The van der Waals surface area contributed by atoms with Gasteiger partial charge in [-0.15, -0.1) is 0 Å². The zero-order chi connectivity index (χ0) is 45.2. The summed E-state index contributed by atoms with van der Waals surface area (Å²) in [6.45, 7) is 0. The third kappa shape index (κ3) is 5.33. The molecule has 0 N–H and O–H groups in total. The van der Waals surface area contributed by atoms with Crippen molar-refractivity contribution in [1.29, 1.82) is 0 Å². The number of hydrogen-bond donors (Lipinski definition) is 0. The number of para-hydroxylation sites is 2. The Labute approximate surface area is 398 Å². The zero-order valence-electron chi connectivity index (χ0n) is 37.5. The van der Waals surface area contributed by atoms with Gasteiger partial charge in [0.1, 0.15) is 0 Å². The fraction of sp³-hybridized carbons (Fsp3) is 0.0469. The Morgan fingerprint density at radius 3 is 1.52 bits per heavy atom. The topological polar surface area (TPSA) is 48.5 Å². The van der Waals surface area contributed by atoms with E-state index in [0.29, 0.717) is 23.5 Å². The van der Waals surface area contributed by atoms with Crippen molar-refractivity contribution in [2.45, 2.75) is 17.8 Å². The highest BCUT2D eigenvalue weighted by molar-refractivity contribution is 6.24. The highest BCUT2D eigenvalue weighted by atomic mass is 15.2. The van der Waals surface area contributed by atoms with Crippen LogP contribution in [-0.2, 0) is 5.41 Å². The number of rotatable bonds is 5. The lowest BCUT2D eigenvalue weighted by atomic mass is 9.70. The molecule has 69 heavy (non-hydrogen) atoms. The van der Waals surface area contributed by atoms with E-state index in [1.54, 1.807) is 0 Å². The molecule has 5 heteroatoms. The van der Waals surface area contributed by atoms with Crippen LogP contribution in [-0.4, -0.2) is 24.1 Å². The minimum Gasteiger partial charge on any atom is -0.308 e. The summed E-state index contributed by atoms with van der Waals surface area (Å²) in [5.74, 6) is 2.13. The Balaban J connectivity index is 0.999. The average molecular weight is 880 g/mol. The van der Waals surface area contributed by atoms with Crippen LogP contribution in [0.3, 0.4) is 0 Å². The maximum Gasteiger partial charge on any atom is 0.238 e. The lowest BCUT2D eigenvalue weighted by molar-refractivity contribution is 0.793. The fourth-order valence-corrected chi connectivity index (χ4v) is 12.2. The van der Waals surface area contributed by atoms with Gasteiger partial charge in [-0.3, -0.25) is 4.57 Å². The summed E-state index contributed by atoms with van der Waals surface area (Å²) in [5.41, 5.74) is 18.4. The van der Waals surface area contributed by atoms with Gasteiger partial charge in [-0.25, -0.2) is 4.98 Å². The van der Waals surface area contributed by atoms with Gasteiger partial charge in [-0.1, -0.05) is 206 Å². The van der Waals surface area contributed by atoms with Crippen LogP contribution in [0.5, 0.6) is 0 Å². The van der Waals surface area contributed by atoms with Crippen molar-refractivity contribution in [3.63, 3.8) is 0 Å². The van der Waals surface area contributed by atoms with Crippen LogP contribution < -0.4 is 0 Å². The maximum absolute atomic E-state index is 5.60. The molecule has 0 radical (unpaired) electrons. The molecule has 0 fully saturated rings. The number of benzene rings is 9. The van der Waals surface area contributed by atoms with Crippen LogP contribution in [0.25, 0.3) is 100 Å². The Kier molecular flexibility index (Phi) is 8.05. The minimum absolute atomic E-state index is 0.316. The van der Waals surface area contributed by atoms with Gasteiger partial charge in [-0.05, 0) is 80.8 Å². The van der Waals surface area contributed by atoms with Crippen molar-refractivity contribution in [3.8, 4) is 51.0 Å². The molecule has 3 heterocycles. The predicted octanol–water partition coefficient (Wildman–Crippen LogP) is 15.3. The van der Waals surface area contributed by atoms with Crippen molar-refractivity contribution in [1.82, 2.24) is 24.1 Å². The lowest BCUT2D eigenvalue weighted by Gasteiger charge is -2.30. The first-order valence-corrected chi connectivity index (χ1v) is 23.9. The molecule has 3 aliphatic rings. The number of hydrogen-bond acceptors (Lipinski definition) is 3. The molecule has 0 saturated carbocycles. The van der Waals surface area contributed by atoms with E-state index in [2.05, 4.69) is 234 Å². The standard InChI is InChI=1S/C64H41N5/c1-3-17-40(18-4-1)41-31-34-44(35-32-41)68-57-29-15-10-24-49(57)51-37-38-52-50-25-11-16-30-58(50)69(60(52)59(51)68)63-66-61(42-19-5-2-6-20-42)65-62(67-63)43-33-36-48-47-23-9-14-28-55(47)64(56(48)39-43)53-26-12-7-21-45(53)46-22-8-13-27-54(46)64/h1-31,33-39,41H,32H2. The first-order chi connectivity index (χ1) is 34.2. The highest BCUT2D eigenvalue weighted by Gasteiger charge is 2.51. The van der Waals surface area contributed by atoms with E-state index in [9.17, 15) is 0 Å². The number of aromatic nitrogens is 5. The molecule has 9 aromatic carbocycles. The normalized spacial score (nSPS) is 15.2. The molecule has 0 amide bonds. The van der Waals surface area contributed by atoms with E-state index >= 15 is 0 Å². The van der Waals surface area contributed by atoms with E-state index in [-0.39, 0.29) is 0 Å². The summed E-state index contributed by atoms with van der Waals surface area (Å²) in [5, 5.41) is 4.67. The van der Waals surface area contributed by atoms with E-state index in [0.717, 1.165) is 56.1 Å². The fourth-order valence-electron chi connectivity index (χ4n) is 12.2. The molecule has 12 aromatic rings. The van der Waals surface area contributed by atoms with Crippen molar-refractivity contribution in [2.24, 2.45) is 0 Å². The van der Waals surface area contributed by atoms with E-state index < -0.39 is 5.41 Å². The van der Waals surface area contributed by atoms with Gasteiger partial charge in [0.15, 0.2) is 11.6 Å². The summed E-state index contributed by atoms with van der Waals surface area (Å²) < 4.78 is 4.77. The lowest BCUT2D eigenvalue weighted by Crippen LogP contribution is -2.25. The maximum atomic E-state index is 5.60. The van der Waals surface area contributed by atoms with Crippen LogP contribution >= 0.6 is 0 Å². The molecule has 0 saturated heterocycles. The molecule has 1 unspecified atom stereocenters. The Morgan fingerprint density at radius 2 is 0.913 bits per heavy atom. The summed E-state index contributed by atoms with van der Waals surface area (Å²) >= 11 is 0. The van der Waals surface area contributed by atoms with Crippen LogP contribution in [0.15, 0.2) is 231 Å². The van der Waals surface area contributed by atoms with Crippen molar-refractivity contribution in [2.75, 3.05) is 0 Å². The third-order valence-corrected chi connectivity index (χ3v) is 15.1. The monoisotopic (exact) mass is 879 g/mol. The van der Waals surface area contributed by atoms with Crippen LogP contribution in [0.1, 0.15) is 40.2 Å². The zero-order valence-corrected chi connectivity index (χ0v) is 37.5. The van der Waals surface area contributed by atoms with E-state index in [1.165, 1.54) is 60.8 Å². The Morgan fingerprint density at radius 1 is 0.406 bits per heavy atom. The van der Waals surface area contributed by atoms with Gasteiger partial charge in [0.05, 0.1) is 27.5 Å². The van der Waals surface area contributed by atoms with Gasteiger partial charge in [-0.2, -0.15) is 9.97 Å². The van der Waals surface area contributed by atoms with Gasteiger partial charge < -0.3 is 4.57 Å². The third-order valence-electron chi connectivity index (χ3n) is 15.1. The highest BCUT2D eigenvalue weighted by Crippen LogP contribution is 2.63. The largest absolute Gasteiger partial charge is 0.308 e.